The summed E-state index contributed by atoms with van der Waals surface area (Å²) in [7, 11) is 0. The maximum absolute atomic E-state index is 9.54. The highest BCUT2D eigenvalue weighted by atomic mass is 35.5. The highest BCUT2D eigenvalue weighted by Crippen LogP contribution is 2.29. The second-order valence-electron chi connectivity index (χ2n) is 2.86. The second-order valence-corrected chi connectivity index (χ2v) is 3.70. The molecule has 0 radical (unpaired) electrons. The number of halogens is 2. The largest absolute Gasteiger partial charge is 0.506 e. The molecule has 1 aromatic rings. The van der Waals surface area contributed by atoms with Crippen LogP contribution < -0.4 is 0 Å². The Kier molecular flexibility index (Phi) is 4.23. The molecule has 0 bridgehead atoms. The van der Waals surface area contributed by atoms with Gasteiger partial charge in [-0.2, -0.15) is 0 Å². The van der Waals surface area contributed by atoms with Crippen molar-refractivity contribution in [3.8, 4) is 5.75 Å². The first-order chi connectivity index (χ1) is 6.65. The Balaban J connectivity index is 2.96. The molecule has 4 heteroatoms. The second kappa shape index (κ2) is 5.23. The van der Waals surface area contributed by atoms with Crippen molar-refractivity contribution in [2.45, 2.75) is 13.3 Å². The van der Waals surface area contributed by atoms with E-state index < -0.39 is 0 Å². The van der Waals surface area contributed by atoms with Crippen molar-refractivity contribution in [2.24, 2.45) is 4.99 Å². The van der Waals surface area contributed by atoms with E-state index in [0.717, 1.165) is 13.0 Å². The minimum atomic E-state index is 0.0240. The highest BCUT2D eigenvalue weighted by molar-refractivity contribution is 6.36. The predicted octanol–water partition coefficient (Wildman–Crippen LogP) is 3.53. The molecular weight excluding hydrogens is 221 g/mol. The Bertz CT molecular complexity index is 350. The highest BCUT2D eigenvalue weighted by Gasteiger charge is 2.05. The van der Waals surface area contributed by atoms with Crippen LogP contribution in [0.4, 0.5) is 0 Å². The van der Waals surface area contributed by atoms with Gasteiger partial charge in [0.05, 0.1) is 5.02 Å². The molecule has 14 heavy (non-hydrogen) atoms. The molecule has 0 saturated heterocycles. The predicted molar refractivity (Wildman–Crippen MR) is 60.9 cm³/mol. The fourth-order valence-corrected chi connectivity index (χ4v) is 1.49. The monoisotopic (exact) mass is 231 g/mol. The summed E-state index contributed by atoms with van der Waals surface area (Å²) in [5.41, 5.74) is 0.552. The van der Waals surface area contributed by atoms with E-state index >= 15 is 0 Å². The van der Waals surface area contributed by atoms with Crippen molar-refractivity contribution in [3.05, 3.63) is 27.7 Å². The number of rotatable bonds is 3. The van der Waals surface area contributed by atoms with E-state index in [1.54, 1.807) is 12.3 Å². The summed E-state index contributed by atoms with van der Waals surface area (Å²) in [5.74, 6) is 0.0240. The van der Waals surface area contributed by atoms with Crippen molar-refractivity contribution >= 4 is 29.4 Å². The summed E-state index contributed by atoms with van der Waals surface area (Å²) in [5, 5.41) is 10.3. The first-order valence-electron chi connectivity index (χ1n) is 4.33. The average Bonchev–Trinajstić information content (AvgIpc) is 2.13. The fourth-order valence-electron chi connectivity index (χ4n) is 0.976. The van der Waals surface area contributed by atoms with Crippen LogP contribution in [0.25, 0.3) is 0 Å². The first-order valence-corrected chi connectivity index (χ1v) is 5.08. The van der Waals surface area contributed by atoms with Crippen molar-refractivity contribution in [3.63, 3.8) is 0 Å². The lowest BCUT2D eigenvalue weighted by molar-refractivity contribution is 0.474. The van der Waals surface area contributed by atoms with E-state index in [1.807, 2.05) is 6.92 Å². The van der Waals surface area contributed by atoms with Gasteiger partial charge in [0.1, 0.15) is 5.75 Å². The smallest absolute Gasteiger partial charge is 0.143 e. The quantitative estimate of drug-likeness (QED) is 0.794. The van der Waals surface area contributed by atoms with Gasteiger partial charge in [0.2, 0.25) is 0 Å². The number of nitrogens with zero attached hydrogens (tertiary/aromatic N) is 1. The minimum absolute atomic E-state index is 0.0240. The van der Waals surface area contributed by atoms with Crippen LogP contribution in [0.5, 0.6) is 5.75 Å². The zero-order valence-corrected chi connectivity index (χ0v) is 9.31. The number of aliphatic imine (C=N–C) groups is 1. The van der Waals surface area contributed by atoms with Gasteiger partial charge >= 0.3 is 0 Å². The third-order valence-corrected chi connectivity index (χ3v) is 2.15. The summed E-state index contributed by atoms with van der Waals surface area (Å²) >= 11 is 11.5. The van der Waals surface area contributed by atoms with Crippen LogP contribution in [0.2, 0.25) is 10.0 Å². The molecule has 1 rings (SSSR count). The molecule has 0 spiro atoms. The Labute approximate surface area is 93.2 Å². The standard InChI is InChI=1S/C10H11Cl2NO/c1-2-3-13-6-7-4-8(11)5-9(12)10(7)14/h4-6,14H,2-3H2,1H3. The van der Waals surface area contributed by atoms with Gasteiger partial charge in [0, 0.05) is 23.3 Å². The van der Waals surface area contributed by atoms with Crippen LogP contribution in [0.15, 0.2) is 17.1 Å². The zero-order valence-electron chi connectivity index (χ0n) is 7.80. The Morgan fingerprint density at radius 3 is 2.79 bits per heavy atom. The van der Waals surface area contributed by atoms with E-state index in [-0.39, 0.29) is 10.8 Å². The number of aromatic hydroxyl groups is 1. The van der Waals surface area contributed by atoms with Crippen LogP contribution in [-0.2, 0) is 0 Å². The van der Waals surface area contributed by atoms with Gasteiger partial charge < -0.3 is 5.11 Å². The normalized spacial score (nSPS) is 11.1. The number of hydrogen-bond donors (Lipinski definition) is 1. The number of phenolic OH excluding ortho intramolecular Hbond substituents is 1. The van der Waals surface area contributed by atoms with Crippen molar-refractivity contribution in [2.75, 3.05) is 6.54 Å². The summed E-state index contributed by atoms with van der Waals surface area (Å²) in [4.78, 5) is 4.10. The molecule has 1 aromatic carbocycles. The molecule has 0 unspecified atom stereocenters. The third-order valence-electron chi connectivity index (χ3n) is 1.64. The van der Waals surface area contributed by atoms with Crippen LogP contribution in [0.1, 0.15) is 18.9 Å². The van der Waals surface area contributed by atoms with Gasteiger partial charge in [-0.25, -0.2) is 0 Å². The molecule has 0 aliphatic rings. The molecule has 0 fully saturated rings. The van der Waals surface area contributed by atoms with E-state index in [2.05, 4.69) is 4.99 Å². The van der Waals surface area contributed by atoms with Crippen LogP contribution in [-0.4, -0.2) is 17.9 Å². The van der Waals surface area contributed by atoms with Gasteiger partial charge in [-0.05, 0) is 18.6 Å². The Morgan fingerprint density at radius 2 is 2.14 bits per heavy atom. The van der Waals surface area contributed by atoms with Crippen molar-refractivity contribution in [1.29, 1.82) is 0 Å². The molecule has 76 valence electrons. The lowest BCUT2D eigenvalue weighted by Crippen LogP contribution is -1.85. The third kappa shape index (κ3) is 2.89. The molecular formula is C10H11Cl2NO. The fraction of sp³-hybridized carbons (Fsp3) is 0.300. The van der Waals surface area contributed by atoms with Crippen molar-refractivity contribution < 1.29 is 5.11 Å². The van der Waals surface area contributed by atoms with E-state index in [1.165, 1.54) is 6.07 Å². The maximum atomic E-state index is 9.54. The molecule has 0 aliphatic heterocycles. The Morgan fingerprint density at radius 1 is 1.43 bits per heavy atom. The summed E-state index contributed by atoms with van der Waals surface area (Å²) in [6.07, 6.45) is 2.54. The maximum Gasteiger partial charge on any atom is 0.143 e. The van der Waals surface area contributed by atoms with Gasteiger partial charge in [0.25, 0.3) is 0 Å². The van der Waals surface area contributed by atoms with E-state index in [4.69, 9.17) is 23.2 Å². The molecule has 0 saturated carbocycles. The molecule has 0 heterocycles. The van der Waals surface area contributed by atoms with Gasteiger partial charge in [-0.15, -0.1) is 0 Å². The van der Waals surface area contributed by atoms with Gasteiger partial charge in [-0.3, -0.25) is 4.99 Å². The molecule has 0 atom stereocenters. The van der Waals surface area contributed by atoms with Crippen LogP contribution in [0, 0.1) is 0 Å². The lowest BCUT2D eigenvalue weighted by Gasteiger charge is -2.01. The zero-order chi connectivity index (χ0) is 10.6. The Hall–Kier alpha value is -0.730. The van der Waals surface area contributed by atoms with E-state index in [0.29, 0.717) is 10.6 Å². The average molecular weight is 232 g/mol. The van der Waals surface area contributed by atoms with Gasteiger partial charge in [0.15, 0.2) is 0 Å². The first kappa shape index (κ1) is 11.3. The van der Waals surface area contributed by atoms with E-state index in [9.17, 15) is 5.11 Å². The molecule has 1 N–H and O–H groups in total. The van der Waals surface area contributed by atoms with Crippen molar-refractivity contribution in [1.82, 2.24) is 0 Å². The summed E-state index contributed by atoms with van der Waals surface area (Å²) < 4.78 is 0. The summed E-state index contributed by atoms with van der Waals surface area (Å²) in [6.45, 7) is 2.76. The van der Waals surface area contributed by atoms with Crippen LogP contribution in [0.3, 0.4) is 0 Å². The SMILES string of the molecule is CCCN=Cc1cc(Cl)cc(Cl)c1O. The lowest BCUT2D eigenvalue weighted by atomic mass is 10.2. The topological polar surface area (TPSA) is 32.6 Å². The molecule has 0 aliphatic carbocycles. The summed E-state index contributed by atoms with van der Waals surface area (Å²) in [6, 6.07) is 3.12. The number of benzene rings is 1. The molecule has 0 amide bonds. The number of phenols is 1. The number of hydrogen-bond acceptors (Lipinski definition) is 2. The molecule has 2 nitrogen and oxygen atoms in total. The van der Waals surface area contributed by atoms with Gasteiger partial charge in [-0.1, -0.05) is 30.1 Å². The minimum Gasteiger partial charge on any atom is -0.506 e. The molecule has 0 aromatic heterocycles. The van der Waals surface area contributed by atoms with Crippen LogP contribution >= 0.6 is 23.2 Å².